The lowest BCUT2D eigenvalue weighted by molar-refractivity contribution is 0.190. The summed E-state index contributed by atoms with van der Waals surface area (Å²) in [5.74, 6) is 0.953. The first-order chi connectivity index (χ1) is 9.90. The smallest absolute Gasteiger partial charge is 0.202 e. The van der Waals surface area contributed by atoms with E-state index in [1.807, 2.05) is 12.4 Å². The molecule has 1 aromatic heterocycles. The predicted octanol–water partition coefficient (Wildman–Crippen LogP) is 2.96. The van der Waals surface area contributed by atoms with Gasteiger partial charge in [-0.2, -0.15) is 0 Å². The number of hydrogen-bond acceptors (Lipinski definition) is 3. The van der Waals surface area contributed by atoms with Crippen molar-refractivity contribution in [2.45, 2.75) is 25.8 Å². The second-order valence-corrected chi connectivity index (χ2v) is 4.81. The summed E-state index contributed by atoms with van der Waals surface area (Å²) in [6.45, 7) is 2.66. The number of hydrogen-bond donors (Lipinski definition) is 1. The van der Waals surface area contributed by atoms with Crippen molar-refractivity contribution >= 4 is 5.95 Å². The highest BCUT2D eigenvalue weighted by Gasteiger charge is 2.01. The zero-order valence-corrected chi connectivity index (χ0v) is 12.1. The van der Waals surface area contributed by atoms with Crippen LogP contribution in [-0.4, -0.2) is 29.8 Å². The highest BCUT2D eigenvalue weighted by Crippen LogP contribution is 2.07. The molecule has 0 aliphatic carbocycles. The van der Waals surface area contributed by atoms with E-state index >= 15 is 0 Å². The average Bonchev–Trinajstić information content (AvgIpc) is 2.93. The van der Waals surface area contributed by atoms with E-state index in [4.69, 9.17) is 4.74 Å². The molecule has 1 aromatic carbocycles. The molecule has 4 nitrogen and oxygen atoms in total. The lowest BCUT2D eigenvalue weighted by Crippen LogP contribution is -2.10. The molecule has 0 bridgehead atoms. The SMILES string of the molecule is COCCCn1ccnc1NCCCc1ccccc1. The Bertz CT molecular complexity index is 481. The van der Waals surface area contributed by atoms with Crippen LogP contribution < -0.4 is 5.32 Å². The summed E-state index contributed by atoms with van der Waals surface area (Å²) in [5.41, 5.74) is 1.39. The van der Waals surface area contributed by atoms with Gasteiger partial charge in [0, 0.05) is 39.2 Å². The Morgan fingerprint density at radius 1 is 1.20 bits per heavy atom. The van der Waals surface area contributed by atoms with Gasteiger partial charge in [-0.25, -0.2) is 4.98 Å². The van der Waals surface area contributed by atoms with Crippen molar-refractivity contribution in [3.63, 3.8) is 0 Å². The van der Waals surface area contributed by atoms with Gasteiger partial charge in [-0.1, -0.05) is 30.3 Å². The number of nitrogens with zero attached hydrogens (tertiary/aromatic N) is 2. The first-order valence-electron chi connectivity index (χ1n) is 7.18. The summed E-state index contributed by atoms with van der Waals surface area (Å²) in [5, 5.41) is 3.40. The van der Waals surface area contributed by atoms with Gasteiger partial charge in [0.05, 0.1) is 0 Å². The quantitative estimate of drug-likeness (QED) is 0.714. The van der Waals surface area contributed by atoms with E-state index in [0.717, 1.165) is 44.9 Å². The van der Waals surface area contributed by atoms with Crippen LogP contribution in [0.5, 0.6) is 0 Å². The summed E-state index contributed by atoms with van der Waals surface area (Å²) in [6, 6.07) is 10.6. The van der Waals surface area contributed by atoms with Crippen LogP contribution in [0.2, 0.25) is 0 Å². The number of ether oxygens (including phenoxy) is 1. The third-order valence-electron chi connectivity index (χ3n) is 3.23. The summed E-state index contributed by atoms with van der Waals surface area (Å²) in [4.78, 5) is 4.35. The van der Waals surface area contributed by atoms with Crippen molar-refractivity contribution in [3.05, 3.63) is 48.3 Å². The minimum Gasteiger partial charge on any atom is -0.385 e. The Morgan fingerprint density at radius 2 is 2.05 bits per heavy atom. The van der Waals surface area contributed by atoms with Crippen LogP contribution in [-0.2, 0) is 17.7 Å². The number of benzene rings is 1. The normalized spacial score (nSPS) is 10.7. The van der Waals surface area contributed by atoms with Crippen molar-refractivity contribution in [2.24, 2.45) is 0 Å². The average molecular weight is 273 g/mol. The number of imidazole rings is 1. The van der Waals surface area contributed by atoms with Crippen molar-refractivity contribution < 1.29 is 4.74 Å². The molecule has 0 aliphatic heterocycles. The Kier molecular flexibility index (Phi) is 6.11. The second kappa shape index (κ2) is 8.38. The molecular weight excluding hydrogens is 250 g/mol. The van der Waals surface area contributed by atoms with E-state index < -0.39 is 0 Å². The minimum absolute atomic E-state index is 0.783. The Hall–Kier alpha value is -1.81. The third-order valence-corrected chi connectivity index (χ3v) is 3.23. The molecule has 108 valence electrons. The van der Waals surface area contributed by atoms with Crippen molar-refractivity contribution in [2.75, 3.05) is 25.6 Å². The van der Waals surface area contributed by atoms with E-state index in [9.17, 15) is 0 Å². The molecule has 0 radical (unpaired) electrons. The van der Waals surface area contributed by atoms with Crippen LogP contribution in [0.1, 0.15) is 18.4 Å². The largest absolute Gasteiger partial charge is 0.385 e. The molecule has 0 amide bonds. The molecule has 20 heavy (non-hydrogen) atoms. The lowest BCUT2D eigenvalue weighted by atomic mass is 10.1. The van der Waals surface area contributed by atoms with E-state index in [-0.39, 0.29) is 0 Å². The molecule has 4 heteroatoms. The number of aryl methyl sites for hydroxylation is 2. The number of methoxy groups -OCH3 is 1. The molecule has 0 unspecified atom stereocenters. The number of rotatable bonds is 9. The maximum Gasteiger partial charge on any atom is 0.202 e. The topological polar surface area (TPSA) is 39.1 Å². The van der Waals surface area contributed by atoms with Gasteiger partial charge in [-0.05, 0) is 24.8 Å². The van der Waals surface area contributed by atoms with E-state index in [1.54, 1.807) is 7.11 Å². The zero-order valence-electron chi connectivity index (χ0n) is 12.1. The fourth-order valence-corrected chi connectivity index (χ4v) is 2.17. The zero-order chi connectivity index (χ0) is 14.0. The molecule has 0 atom stereocenters. The van der Waals surface area contributed by atoms with Gasteiger partial charge in [0.1, 0.15) is 0 Å². The number of aromatic nitrogens is 2. The third kappa shape index (κ3) is 4.70. The fraction of sp³-hybridized carbons (Fsp3) is 0.438. The van der Waals surface area contributed by atoms with E-state index in [1.165, 1.54) is 5.56 Å². The lowest BCUT2D eigenvalue weighted by Gasteiger charge is -2.09. The van der Waals surface area contributed by atoms with Crippen LogP contribution in [0.4, 0.5) is 5.95 Å². The summed E-state index contributed by atoms with van der Waals surface area (Å²) in [7, 11) is 1.73. The van der Waals surface area contributed by atoms with Gasteiger partial charge >= 0.3 is 0 Å². The summed E-state index contributed by atoms with van der Waals surface area (Å²) in [6.07, 6.45) is 7.06. The van der Waals surface area contributed by atoms with Crippen LogP contribution in [0, 0.1) is 0 Å². The predicted molar refractivity (Wildman–Crippen MR) is 82.0 cm³/mol. The second-order valence-electron chi connectivity index (χ2n) is 4.81. The van der Waals surface area contributed by atoms with E-state index in [0.29, 0.717) is 0 Å². The van der Waals surface area contributed by atoms with Crippen LogP contribution >= 0.6 is 0 Å². The molecule has 1 N–H and O–H groups in total. The molecular formula is C16H23N3O. The minimum atomic E-state index is 0.783. The Morgan fingerprint density at radius 3 is 2.85 bits per heavy atom. The maximum absolute atomic E-state index is 5.07. The molecule has 2 aromatic rings. The van der Waals surface area contributed by atoms with Crippen molar-refractivity contribution in [1.82, 2.24) is 9.55 Å². The van der Waals surface area contributed by atoms with Gasteiger partial charge in [0.2, 0.25) is 5.95 Å². The van der Waals surface area contributed by atoms with Gasteiger partial charge in [0.15, 0.2) is 0 Å². The van der Waals surface area contributed by atoms with Crippen molar-refractivity contribution in [1.29, 1.82) is 0 Å². The first-order valence-corrected chi connectivity index (χ1v) is 7.18. The summed E-state index contributed by atoms with van der Waals surface area (Å²) >= 11 is 0. The van der Waals surface area contributed by atoms with Crippen LogP contribution in [0.15, 0.2) is 42.7 Å². The molecule has 0 aliphatic rings. The molecule has 0 saturated carbocycles. The van der Waals surface area contributed by atoms with Gasteiger partial charge < -0.3 is 14.6 Å². The molecule has 2 rings (SSSR count). The van der Waals surface area contributed by atoms with E-state index in [2.05, 4.69) is 45.2 Å². The van der Waals surface area contributed by atoms with Crippen molar-refractivity contribution in [3.8, 4) is 0 Å². The fourth-order valence-electron chi connectivity index (χ4n) is 2.17. The molecule has 0 spiro atoms. The van der Waals surface area contributed by atoms with Gasteiger partial charge in [-0.15, -0.1) is 0 Å². The number of nitrogens with one attached hydrogen (secondary N) is 1. The number of anilines is 1. The maximum atomic E-state index is 5.07. The monoisotopic (exact) mass is 273 g/mol. The molecule has 0 saturated heterocycles. The summed E-state index contributed by atoms with van der Waals surface area (Å²) < 4.78 is 7.21. The highest BCUT2D eigenvalue weighted by atomic mass is 16.5. The van der Waals surface area contributed by atoms with Gasteiger partial charge in [-0.3, -0.25) is 0 Å². The standard InChI is InChI=1S/C16H23N3O/c1-20-14-6-12-19-13-11-18-16(19)17-10-5-9-15-7-3-2-4-8-15/h2-4,7-8,11,13H,5-6,9-10,12,14H2,1H3,(H,17,18). The van der Waals surface area contributed by atoms with Crippen LogP contribution in [0.25, 0.3) is 0 Å². The van der Waals surface area contributed by atoms with Gasteiger partial charge in [0.25, 0.3) is 0 Å². The Labute approximate surface area is 120 Å². The molecule has 0 fully saturated rings. The van der Waals surface area contributed by atoms with Crippen LogP contribution in [0.3, 0.4) is 0 Å². The highest BCUT2D eigenvalue weighted by molar-refractivity contribution is 5.25. The first kappa shape index (κ1) is 14.6. The Balaban J connectivity index is 1.70. The molecule has 1 heterocycles.